The lowest BCUT2D eigenvalue weighted by molar-refractivity contribution is 0.00753. The summed E-state index contributed by atoms with van der Waals surface area (Å²) in [5.41, 5.74) is -0.408. The molecule has 1 aliphatic heterocycles. The van der Waals surface area contributed by atoms with E-state index in [0.717, 1.165) is 32.5 Å². The highest BCUT2D eigenvalue weighted by molar-refractivity contribution is 5.68. The fourth-order valence-corrected chi connectivity index (χ4v) is 3.46. The van der Waals surface area contributed by atoms with Gasteiger partial charge in [-0.25, -0.2) is 4.79 Å². The van der Waals surface area contributed by atoms with Gasteiger partial charge >= 0.3 is 6.09 Å². The van der Waals surface area contributed by atoms with Crippen LogP contribution >= 0.6 is 0 Å². The van der Waals surface area contributed by atoms with Gasteiger partial charge in [0.05, 0.1) is 0 Å². The van der Waals surface area contributed by atoms with E-state index < -0.39 is 5.60 Å². The van der Waals surface area contributed by atoms with Crippen molar-refractivity contribution in [3.8, 4) is 0 Å². The van der Waals surface area contributed by atoms with Gasteiger partial charge in [0, 0.05) is 12.6 Å². The van der Waals surface area contributed by atoms with Crippen LogP contribution in [-0.2, 0) is 4.74 Å². The molecule has 1 amide bonds. The van der Waals surface area contributed by atoms with Crippen LogP contribution in [-0.4, -0.2) is 42.3 Å². The summed E-state index contributed by atoms with van der Waals surface area (Å²) < 4.78 is 5.66. The molecule has 2 fully saturated rings. The van der Waals surface area contributed by atoms with Gasteiger partial charge in [-0.2, -0.15) is 0 Å². The second kappa shape index (κ2) is 7.48. The topological polar surface area (TPSA) is 41.6 Å². The first-order chi connectivity index (χ1) is 9.96. The summed E-state index contributed by atoms with van der Waals surface area (Å²) in [7, 11) is 0. The third-order valence-electron chi connectivity index (χ3n) is 4.56. The number of piperidine rings is 1. The van der Waals surface area contributed by atoms with Crippen molar-refractivity contribution in [3.63, 3.8) is 0 Å². The van der Waals surface area contributed by atoms with Gasteiger partial charge in [-0.15, -0.1) is 0 Å². The zero-order valence-corrected chi connectivity index (χ0v) is 14.0. The Bertz CT molecular complexity index is 326. The molecule has 4 heteroatoms. The molecule has 2 rings (SSSR count). The number of hydrogen-bond donors (Lipinski definition) is 1. The molecule has 21 heavy (non-hydrogen) atoms. The van der Waals surface area contributed by atoms with Crippen LogP contribution in [0.4, 0.5) is 4.79 Å². The third-order valence-corrected chi connectivity index (χ3v) is 4.56. The minimum atomic E-state index is -0.408. The van der Waals surface area contributed by atoms with Gasteiger partial charge in [0.1, 0.15) is 5.60 Å². The maximum absolute atomic E-state index is 12.6. The molecular weight excluding hydrogens is 264 g/mol. The summed E-state index contributed by atoms with van der Waals surface area (Å²) in [6, 6.07) is 0.350. The van der Waals surface area contributed by atoms with Gasteiger partial charge in [0.2, 0.25) is 0 Å². The Hall–Kier alpha value is -0.770. The highest BCUT2D eigenvalue weighted by Crippen LogP contribution is 2.27. The van der Waals surface area contributed by atoms with Crippen molar-refractivity contribution in [1.82, 2.24) is 10.2 Å². The lowest BCUT2D eigenvalue weighted by Gasteiger charge is -2.38. The molecule has 0 spiro atoms. The number of carbonyl (C=O) groups is 1. The minimum Gasteiger partial charge on any atom is -0.444 e. The second-order valence-corrected chi connectivity index (χ2v) is 7.62. The van der Waals surface area contributed by atoms with Gasteiger partial charge in [-0.05, 0) is 65.5 Å². The molecule has 1 N–H and O–H groups in total. The van der Waals surface area contributed by atoms with Crippen LogP contribution in [0.25, 0.3) is 0 Å². The molecule has 0 aromatic carbocycles. The van der Waals surface area contributed by atoms with E-state index in [1.165, 1.54) is 32.1 Å². The standard InChI is InChI=1S/C17H32N2O2/c1-17(2,3)21-16(20)19(15-9-11-18-12-10-15)13-14-7-5-4-6-8-14/h14-15,18H,4-13H2,1-3H3. The van der Waals surface area contributed by atoms with Crippen LogP contribution in [0.5, 0.6) is 0 Å². The molecular formula is C17H32N2O2. The molecule has 122 valence electrons. The summed E-state index contributed by atoms with van der Waals surface area (Å²) in [6.45, 7) is 8.76. The summed E-state index contributed by atoms with van der Waals surface area (Å²) in [4.78, 5) is 14.7. The van der Waals surface area contributed by atoms with Crippen molar-refractivity contribution in [2.45, 2.75) is 77.4 Å². The van der Waals surface area contributed by atoms with E-state index in [9.17, 15) is 4.79 Å². The molecule has 0 bridgehead atoms. The van der Waals surface area contributed by atoms with E-state index in [1.807, 2.05) is 25.7 Å². The Morgan fingerprint density at radius 1 is 1.10 bits per heavy atom. The largest absolute Gasteiger partial charge is 0.444 e. The average Bonchev–Trinajstić information content (AvgIpc) is 2.45. The van der Waals surface area contributed by atoms with E-state index in [2.05, 4.69) is 5.32 Å². The normalized spacial score (nSPS) is 22.0. The zero-order chi connectivity index (χ0) is 15.3. The Morgan fingerprint density at radius 3 is 2.29 bits per heavy atom. The molecule has 2 aliphatic rings. The Morgan fingerprint density at radius 2 is 1.71 bits per heavy atom. The first-order valence-corrected chi connectivity index (χ1v) is 8.66. The van der Waals surface area contributed by atoms with Gasteiger partial charge in [-0.3, -0.25) is 0 Å². The van der Waals surface area contributed by atoms with E-state index in [0.29, 0.717) is 12.0 Å². The smallest absolute Gasteiger partial charge is 0.410 e. The molecule has 0 aromatic heterocycles. The van der Waals surface area contributed by atoms with Crippen molar-refractivity contribution < 1.29 is 9.53 Å². The second-order valence-electron chi connectivity index (χ2n) is 7.62. The molecule has 1 saturated heterocycles. The maximum atomic E-state index is 12.6. The number of nitrogens with zero attached hydrogens (tertiary/aromatic N) is 1. The molecule has 1 heterocycles. The first-order valence-electron chi connectivity index (χ1n) is 8.66. The van der Waals surface area contributed by atoms with Crippen LogP contribution in [0.15, 0.2) is 0 Å². The number of rotatable bonds is 3. The fourth-order valence-electron chi connectivity index (χ4n) is 3.46. The van der Waals surface area contributed by atoms with Gasteiger partial charge in [0.25, 0.3) is 0 Å². The summed E-state index contributed by atoms with van der Waals surface area (Å²) in [6.07, 6.45) is 8.51. The van der Waals surface area contributed by atoms with Crippen molar-refractivity contribution >= 4 is 6.09 Å². The number of amides is 1. The molecule has 1 saturated carbocycles. The predicted molar refractivity (Wildman–Crippen MR) is 85.4 cm³/mol. The van der Waals surface area contributed by atoms with Crippen LogP contribution in [0.1, 0.15) is 65.7 Å². The first kappa shape index (κ1) is 16.6. The van der Waals surface area contributed by atoms with Gasteiger partial charge in [0.15, 0.2) is 0 Å². The fraction of sp³-hybridized carbons (Fsp3) is 0.941. The van der Waals surface area contributed by atoms with Gasteiger partial charge in [-0.1, -0.05) is 19.3 Å². The molecule has 4 nitrogen and oxygen atoms in total. The number of hydrogen-bond acceptors (Lipinski definition) is 3. The summed E-state index contributed by atoms with van der Waals surface area (Å²) >= 11 is 0. The zero-order valence-electron chi connectivity index (χ0n) is 14.0. The van der Waals surface area contributed by atoms with Crippen LogP contribution in [0.2, 0.25) is 0 Å². The SMILES string of the molecule is CC(C)(C)OC(=O)N(CC1CCCCC1)C1CCNCC1. The quantitative estimate of drug-likeness (QED) is 0.866. The third kappa shape index (κ3) is 5.50. The highest BCUT2D eigenvalue weighted by atomic mass is 16.6. The van der Waals surface area contributed by atoms with Crippen LogP contribution < -0.4 is 5.32 Å². The van der Waals surface area contributed by atoms with Crippen molar-refractivity contribution in [3.05, 3.63) is 0 Å². The summed E-state index contributed by atoms with van der Waals surface area (Å²) in [5, 5.41) is 3.38. The van der Waals surface area contributed by atoms with E-state index in [-0.39, 0.29) is 6.09 Å². The number of ether oxygens (including phenoxy) is 1. The predicted octanol–water partition coefficient (Wildman–Crippen LogP) is 3.56. The highest BCUT2D eigenvalue weighted by Gasteiger charge is 2.31. The van der Waals surface area contributed by atoms with E-state index in [4.69, 9.17) is 4.74 Å². The van der Waals surface area contributed by atoms with Crippen LogP contribution in [0.3, 0.4) is 0 Å². The number of nitrogens with one attached hydrogen (secondary N) is 1. The molecule has 0 unspecified atom stereocenters. The lowest BCUT2D eigenvalue weighted by Crippen LogP contribution is -2.49. The Kier molecular flexibility index (Phi) is 5.91. The monoisotopic (exact) mass is 296 g/mol. The van der Waals surface area contributed by atoms with Crippen molar-refractivity contribution in [2.24, 2.45) is 5.92 Å². The van der Waals surface area contributed by atoms with Gasteiger partial charge < -0.3 is 15.0 Å². The number of carbonyl (C=O) groups excluding carboxylic acids is 1. The van der Waals surface area contributed by atoms with E-state index >= 15 is 0 Å². The maximum Gasteiger partial charge on any atom is 0.410 e. The Balaban J connectivity index is 1.99. The molecule has 0 atom stereocenters. The minimum absolute atomic E-state index is 0.111. The molecule has 1 aliphatic carbocycles. The average molecular weight is 296 g/mol. The van der Waals surface area contributed by atoms with Crippen molar-refractivity contribution in [1.29, 1.82) is 0 Å². The molecule has 0 radical (unpaired) electrons. The van der Waals surface area contributed by atoms with E-state index in [1.54, 1.807) is 0 Å². The van der Waals surface area contributed by atoms with Crippen LogP contribution in [0, 0.1) is 5.92 Å². The Labute approximate surface area is 129 Å². The molecule has 0 aromatic rings. The van der Waals surface area contributed by atoms with Crippen molar-refractivity contribution in [2.75, 3.05) is 19.6 Å². The summed E-state index contributed by atoms with van der Waals surface area (Å²) in [5.74, 6) is 0.668. The lowest BCUT2D eigenvalue weighted by atomic mass is 9.88.